The summed E-state index contributed by atoms with van der Waals surface area (Å²) in [5.74, 6) is -0.249. The third-order valence-electron chi connectivity index (χ3n) is 3.74. The van der Waals surface area contributed by atoms with Crippen LogP contribution in [-0.2, 0) is 15.0 Å². The lowest BCUT2D eigenvalue weighted by Crippen LogP contribution is -2.37. The van der Waals surface area contributed by atoms with Crippen LogP contribution in [0, 0.1) is 0 Å². The fraction of sp³-hybridized carbons (Fsp3) is 0.400. The van der Waals surface area contributed by atoms with Crippen LogP contribution in [0.15, 0.2) is 30.3 Å². The molecule has 0 radical (unpaired) electrons. The lowest BCUT2D eigenvalue weighted by molar-refractivity contribution is -0.139. The summed E-state index contributed by atoms with van der Waals surface area (Å²) in [6.07, 6.45) is 1.40. The van der Waals surface area contributed by atoms with E-state index in [0.29, 0.717) is 24.4 Å². The van der Waals surface area contributed by atoms with Crippen LogP contribution in [-0.4, -0.2) is 28.2 Å². The summed E-state index contributed by atoms with van der Waals surface area (Å²) in [6, 6.07) is 9.45. The molecule has 5 heteroatoms. The first-order chi connectivity index (χ1) is 9.45. The molecule has 0 aromatic heterocycles. The Bertz CT molecular complexity index is 544. The van der Waals surface area contributed by atoms with Gasteiger partial charge in [0.2, 0.25) is 11.8 Å². The van der Waals surface area contributed by atoms with E-state index in [1.165, 1.54) is 4.90 Å². The van der Waals surface area contributed by atoms with Crippen molar-refractivity contribution in [2.24, 2.45) is 5.73 Å². The topological polar surface area (TPSA) is 63.4 Å². The molecule has 2 amide bonds. The smallest absolute Gasteiger partial charge is 0.240 e. The van der Waals surface area contributed by atoms with Crippen LogP contribution in [0.1, 0.15) is 31.7 Å². The molecule has 1 aromatic rings. The molecule has 2 rings (SSSR count). The molecule has 1 saturated heterocycles. The van der Waals surface area contributed by atoms with E-state index >= 15 is 0 Å². The molecule has 1 aromatic carbocycles. The Labute approximate surface area is 123 Å². The van der Waals surface area contributed by atoms with E-state index < -0.39 is 5.41 Å². The van der Waals surface area contributed by atoms with Crippen molar-refractivity contribution in [2.45, 2.75) is 31.6 Å². The van der Waals surface area contributed by atoms with Crippen molar-refractivity contribution in [3.8, 4) is 0 Å². The number of rotatable bonds is 5. The van der Waals surface area contributed by atoms with Crippen molar-refractivity contribution >= 4 is 29.0 Å². The standard InChI is InChI=1S/C15H18N2O2S/c1-15(11-6-3-2-4-7-11)10-13(18)17(14(15)19)9-5-8-12(16)20/h2-4,6-7H,5,8-10H2,1H3,(H2,16,20). The van der Waals surface area contributed by atoms with E-state index in [1.54, 1.807) is 0 Å². The van der Waals surface area contributed by atoms with Crippen LogP contribution in [0.5, 0.6) is 0 Å². The average Bonchev–Trinajstić information content (AvgIpc) is 2.64. The Morgan fingerprint density at radius 1 is 1.35 bits per heavy atom. The maximum Gasteiger partial charge on any atom is 0.240 e. The molecule has 1 aliphatic heterocycles. The van der Waals surface area contributed by atoms with Gasteiger partial charge in [-0.25, -0.2) is 0 Å². The van der Waals surface area contributed by atoms with Crippen molar-refractivity contribution in [3.63, 3.8) is 0 Å². The molecule has 4 nitrogen and oxygen atoms in total. The second-order valence-corrected chi connectivity index (χ2v) is 5.82. The molecule has 0 bridgehead atoms. The van der Waals surface area contributed by atoms with Crippen molar-refractivity contribution in [3.05, 3.63) is 35.9 Å². The van der Waals surface area contributed by atoms with Gasteiger partial charge < -0.3 is 5.73 Å². The molecule has 1 atom stereocenters. The molecular weight excluding hydrogens is 272 g/mol. The highest BCUT2D eigenvalue weighted by Crippen LogP contribution is 2.36. The highest BCUT2D eigenvalue weighted by Gasteiger charge is 2.48. The molecule has 0 spiro atoms. The van der Waals surface area contributed by atoms with Gasteiger partial charge in [-0.1, -0.05) is 42.5 Å². The molecule has 1 unspecified atom stereocenters. The first kappa shape index (κ1) is 14.7. The van der Waals surface area contributed by atoms with Gasteiger partial charge in [0, 0.05) is 13.0 Å². The minimum atomic E-state index is -0.748. The summed E-state index contributed by atoms with van der Waals surface area (Å²) in [7, 11) is 0. The lowest BCUT2D eigenvalue weighted by Gasteiger charge is -2.22. The Morgan fingerprint density at radius 3 is 2.60 bits per heavy atom. The Balaban J connectivity index is 2.14. The second kappa shape index (κ2) is 5.71. The molecule has 2 N–H and O–H groups in total. The number of hydrogen-bond acceptors (Lipinski definition) is 3. The summed E-state index contributed by atoms with van der Waals surface area (Å²) in [6.45, 7) is 2.22. The molecular formula is C15H18N2O2S. The molecule has 20 heavy (non-hydrogen) atoms. The summed E-state index contributed by atoms with van der Waals surface area (Å²) in [5.41, 5.74) is 5.57. The van der Waals surface area contributed by atoms with Gasteiger partial charge in [0.1, 0.15) is 0 Å². The fourth-order valence-electron chi connectivity index (χ4n) is 2.55. The zero-order chi connectivity index (χ0) is 14.8. The van der Waals surface area contributed by atoms with Gasteiger partial charge in [0.25, 0.3) is 0 Å². The molecule has 0 saturated carbocycles. The van der Waals surface area contributed by atoms with E-state index in [0.717, 1.165) is 5.56 Å². The van der Waals surface area contributed by atoms with E-state index in [4.69, 9.17) is 18.0 Å². The number of carbonyl (C=O) groups is 2. The van der Waals surface area contributed by atoms with Gasteiger partial charge in [-0.3, -0.25) is 14.5 Å². The van der Waals surface area contributed by atoms with Crippen molar-refractivity contribution in [1.29, 1.82) is 0 Å². The van der Waals surface area contributed by atoms with Crippen molar-refractivity contribution in [1.82, 2.24) is 4.90 Å². The maximum atomic E-state index is 12.6. The zero-order valence-corrected chi connectivity index (χ0v) is 12.3. The Hall–Kier alpha value is -1.75. The lowest BCUT2D eigenvalue weighted by atomic mass is 9.81. The van der Waals surface area contributed by atoms with Crippen LogP contribution in [0.3, 0.4) is 0 Å². The van der Waals surface area contributed by atoms with Gasteiger partial charge in [-0.05, 0) is 25.3 Å². The molecule has 1 aliphatic rings. The van der Waals surface area contributed by atoms with Gasteiger partial charge in [0.15, 0.2) is 0 Å². The van der Waals surface area contributed by atoms with Crippen LogP contribution < -0.4 is 5.73 Å². The fourth-order valence-corrected chi connectivity index (χ4v) is 2.70. The van der Waals surface area contributed by atoms with Crippen LogP contribution in [0.25, 0.3) is 0 Å². The monoisotopic (exact) mass is 290 g/mol. The van der Waals surface area contributed by atoms with Gasteiger partial charge in [-0.15, -0.1) is 0 Å². The van der Waals surface area contributed by atoms with Gasteiger partial charge >= 0.3 is 0 Å². The predicted octanol–water partition coefficient (Wildman–Crippen LogP) is 1.77. The third kappa shape index (κ3) is 2.72. The first-order valence-electron chi connectivity index (χ1n) is 6.64. The predicted molar refractivity (Wildman–Crippen MR) is 81.2 cm³/mol. The SMILES string of the molecule is CC1(c2ccccc2)CC(=O)N(CCCC(N)=S)C1=O. The van der Waals surface area contributed by atoms with E-state index in [9.17, 15) is 9.59 Å². The van der Waals surface area contributed by atoms with Crippen LogP contribution in [0.4, 0.5) is 0 Å². The number of hydrogen-bond donors (Lipinski definition) is 1. The van der Waals surface area contributed by atoms with Gasteiger partial charge in [0.05, 0.1) is 10.4 Å². The van der Waals surface area contributed by atoms with Crippen molar-refractivity contribution in [2.75, 3.05) is 6.54 Å². The molecule has 1 fully saturated rings. The molecule has 1 heterocycles. The Kier molecular flexibility index (Phi) is 4.18. The molecule has 0 aliphatic carbocycles. The normalized spacial score (nSPS) is 22.4. The minimum Gasteiger partial charge on any atom is -0.393 e. The summed E-state index contributed by atoms with van der Waals surface area (Å²) >= 11 is 4.81. The number of nitrogens with zero attached hydrogens (tertiary/aromatic N) is 1. The third-order valence-corrected chi connectivity index (χ3v) is 3.94. The number of carbonyl (C=O) groups excluding carboxylic acids is 2. The number of imide groups is 1. The highest BCUT2D eigenvalue weighted by molar-refractivity contribution is 7.80. The zero-order valence-electron chi connectivity index (χ0n) is 11.5. The largest absolute Gasteiger partial charge is 0.393 e. The quantitative estimate of drug-likeness (QED) is 0.663. The summed E-state index contributed by atoms with van der Waals surface area (Å²) in [5, 5.41) is 0. The minimum absolute atomic E-state index is 0.121. The number of thiocarbonyl (C=S) groups is 1. The van der Waals surface area contributed by atoms with Crippen molar-refractivity contribution < 1.29 is 9.59 Å². The highest BCUT2D eigenvalue weighted by atomic mass is 32.1. The number of likely N-dealkylation sites (tertiary alicyclic amines) is 1. The van der Waals surface area contributed by atoms with E-state index in [-0.39, 0.29) is 18.2 Å². The van der Waals surface area contributed by atoms with Crippen LogP contribution in [0.2, 0.25) is 0 Å². The van der Waals surface area contributed by atoms with Crippen LogP contribution >= 0.6 is 12.2 Å². The summed E-state index contributed by atoms with van der Waals surface area (Å²) < 4.78 is 0. The van der Waals surface area contributed by atoms with Gasteiger partial charge in [-0.2, -0.15) is 0 Å². The Morgan fingerprint density at radius 2 is 2.00 bits per heavy atom. The number of benzene rings is 1. The second-order valence-electron chi connectivity index (χ2n) is 5.30. The van der Waals surface area contributed by atoms with E-state index in [2.05, 4.69) is 0 Å². The summed E-state index contributed by atoms with van der Waals surface area (Å²) in [4.78, 5) is 26.4. The number of amides is 2. The first-order valence-corrected chi connectivity index (χ1v) is 7.04. The molecule has 106 valence electrons. The number of nitrogens with two attached hydrogens (primary N) is 1. The average molecular weight is 290 g/mol. The maximum absolute atomic E-state index is 12.6. The van der Waals surface area contributed by atoms with E-state index in [1.807, 2.05) is 37.3 Å².